The Morgan fingerprint density at radius 1 is 1.08 bits per heavy atom. The van der Waals surface area contributed by atoms with Crippen molar-refractivity contribution < 1.29 is 4.79 Å². The van der Waals surface area contributed by atoms with Gasteiger partial charge in [-0.2, -0.15) is 5.10 Å². The summed E-state index contributed by atoms with van der Waals surface area (Å²) in [5.74, 6) is 0.744. The minimum Gasteiger partial charge on any atom is -0.353 e. The maximum atomic E-state index is 12.9. The van der Waals surface area contributed by atoms with E-state index in [1.54, 1.807) is 6.20 Å². The summed E-state index contributed by atoms with van der Waals surface area (Å²) in [7, 11) is 0. The van der Waals surface area contributed by atoms with Crippen LogP contribution in [0.1, 0.15) is 24.9 Å². The van der Waals surface area contributed by atoms with Gasteiger partial charge in [0.1, 0.15) is 0 Å². The Bertz CT molecular complexity index is 685. The minimum absolute atomic E-state index is 0. The zero-order valence-electron chi connectivity index (χ0n) is 15.0. The molecule has 1 aliphatic heterocycles. The number of halogens is 1. The van der Waals surface area contributed by atoms with E-state index in [4.69, 9.17) is 5.73 Å². The van der Waals surface area contributed by atoms with Gasteiger partial charge in [-0.15, -0.1) is 17.5 Å². The number of rotatable bonds is 4. The minimum atomic E-state index is -0.284. The highest BCUT2D eigenvalue weighted by Gasteiger charge is 2.28. The molecule has 7 heteroatoms. The number of nitrogens with two attached hydrogens (primary N) is 1. The molecule has 3 rings (SSSR count). The molecule has 2 N–H and O–H groups in total. The molecule has 26 heavy (non-hydrogen) atoms. The molecule has 2 unspecified atom stereocenters. The molecule has 1 aliphatic rings. The van der Waals surface area contributed by atoms with E-state index in [1.807, 2.05) is 54.3 Å². The average molecular weight is 376 g/mol. The van der Waals surface area contributed by atoms with Crippen LogP contribution in [0.25, 0.3) is 0 Å². The van der Waals surface area contributed by atoms with Gasteiger partial charge in [-0.1, -0.05) is 37.3 Å². The van der Waals surface area contributed by atoms with E-state index in [-0.39, 0.29) is 30.3 Å². The Kier molecular flexibility index (Phi) is 7.36. The Morgan fingerprint density at radius 3 is 2.54 bits per heavy atom. The number of hydrogen-bond donors (Lipinski definition) is 1. The number of anilines is 1. The van der Waals surface area contributed by atoms with Gasteiger partial charge in [0.2, 0.25) is 5.91 Å². The smallest absolute Gasteiger partial charge is 0.227 e. The van der Waals surface area contributed by atoms with Crippen molar-refractivity contribution in [1.82, 2.24) is 15.1 Å². The molecule has 0 aliphatic carbocycles. The third-order valence-electron chi connectivity index (χ3n) is 4.80. The number of nitrogens with zero attached hydrogens (tertiary/aromatic N) is 4. The van der Waals surface area contributed by atoms with E-state index >= 15 is 0 Å². The predicted octanol–water partition coefficient (Wildman–Crippen LogP) is 2.27. The molecule has 1 saturated heterocycles. The zero-order chi connectivity index (χ0) is 17.6. The van der Waals surface area contributed by atoms with E-state index in [1.165, 1.54) is 0 Å². The summed E-state index contributed by atoms with van der Waals surface area (Å²) in [6, 6.07) is 13.4. The van der Waals surface area contributed by atoms with Crippen molar-refractivity contribution in [3.8, 4) is 0 Å². The van der Waals surface area contributed by atoms with Crippen LogP contribution in [0.15, 0.2) is 48.7 Å². The van der Waals surface area contributed by atoms with E-state index in [0.717, 1.165) is 37.4 Å². The van der Waals surface area contributed by atoms with Gasteiger partial charge in [-0.3, -0.25) is 4.79 Å². The number of amides is 1. The summed E-state index contributed by atoms with van der Waals surface area (Å²) in [6.45, 7) is 4.99. The lowest BCUT2D eigenvalue weighted by Gasteiger charge is -2.28. The summed E-state index contributed by atoms with van der Waals surface area (Å²) in [4.78, 5) is 17.0. The summed E-state index contributed by atoms with van der Waals surface area (Å²) in [5, 5.41) is 8.11. The number of carbonyl (C=O) groups is 1. The van der Waals surface area contributed by atoms with Crippen molar-refractivity contribution in [3.63, 3.8) is 0 Å². The normalized spacial score (nSPS) is 17.0. The molecule has 0 radical (unpaired) electrons. The lowest BCUT2D eigenvalue weighted by atomic mass is 9.94. The fourth-order valence-corrected chi connectivity index (χ4v) is 3.23. The van der Waals surface area contributed by atoms with Crippen molar-refractivity contribution in [3.05, 3.63) is 54.2 Å². The van der Waals surface area contributed by atoms with Crippen molar-refractivity contribution in [2.24, 2.45) is 11.7 Å². The molecule has 0 spiro atoms. The third kappa shape index (κ3) is 4.71. The highest BCUT2D eigenvalue weighted by Crippen LogP contribution is 2.22. The Hall–Kier alpha value is -2.18. The number of carbonyl (C=O) groups excluding carboxylic acids is 1. The van der Waals surface area contributed by atoms with Crippen LogP contribution < -0.4 is 10.6 Å². The van der Waals surface area contributed by atoms with Gasteiger partial charge in [-0.05, 0) is 24.1 Å². The van der Waals surface area contributed by atoms with Gasteiger partial charge < -0.3 is 15.5 Å². The Labute approximate surface area is 160 Å². The molecule has 0 saturated carbocycles. The highest BCUT2D eigenvalue weighted by molar-refractivity contribution is 5.85. The number of aromatic nitrogens is 2. The molecule has 1 aromatic carbocycles. The van der Waals surface area contributed by atoms with Crippen molar-refractivity contribution >= 4 is 24.1 Å². The van der Waals surface area contributed by atoms with E-state index in [2.05, 4.69) is 15.1 Å². The van der Waals surface area contributed by atoms with Crippen LogP contribution in [0.2, 0.25) is 0 Å². The maximum absolute atomic E-state index is 12.9. The standard InChI is InChI=1S/C19H25N5O.ClH/c1-15(18(20)16-7-3-2-4-8-16)19(25)24-12-6-11-23(13-14-24)17-9-5-10-21-22-17;/h2-5,7-10,15,18H,6,11-14,20H2,1H3;1H. The van der Waals surface area contributed by atoms with Crippen LogP contribution in [0, 0.1) is 5.92 Å². The molecule has 2 aromatic rings. The largest absolute Gasteiger partial charge is 0.353 e. The summed E-state index contributed by atoms with van der Waals surface area (Å²) in [5.41, 5.74) is 7.33. The van der Waals surface area contributed by atoms with Gasteiger partial charge in [0, 0.05) is 38.4 Å². The van der Waals surface area contributed by atoms with Crippen LogP contribution in [0.3, 0.4) is 0 Å². The predicted molar refractivity (Wildman–Crippen MR) is 105 cm³/mol. The van der Waals surface area contributed by atoms with E-state index in [0.29, 0.717) is 6.54 Å². The number of hydrogen-bond acceptors (Lipinski definition) is 5. The van der Waals surface area contributed by atoms with Crippen molar-refractivity contribution in [1.29, 1.82) is 0 Å². The third-order valence-corrected chi connectivity index (χ3v) is 4.80. The molecule has 140 valence electrons. The van der Waals surface area contributed by atoms with Crippen LogP contribution in [0.4, 0.5) is 5.82 Å². The molecule has 2 atom stereocenters. The van der Waals surface area contributed by atoms with Crippen LogP contribution in [-0.2, 0) is 4.79 Å². The molecule has 1 aromatic heterocycles. The maximum Gasteiger partial charge on any atom is 0.227 e. The average Bonchev–Trinajstić information content (AvgIpc) is 2.94. The molecule has 6 nitrogen and oxygen atoms in total. The van der Waals surface area contributed by atoms with Gasteiger partial charge in [-0.25, -0.2) is 0 Å². The first-order chi connectivity index (χ1) is 12.2. The molecule has 1 fully saturated rings. The highest BCUT2D eigenvalue weighted by atomic mass is 35.5. The monoisotopic (exact) mass is 375 g/mol. The molecule has 1 amide bonds. The SMILES string of the molecule is CC(C(=O)N1CCCN(c2cccnn2)CC1)C(N)c1ccccc1.Cl. The molecular weight excluding hydrogens is 350 g/mol. The van der Waals surface area contributed by atoms with Crippen LogP contribution >= 0.6 is 12.4 Å². The fraction of sp³-hybridized carbons (Fsp3) is 0.421. The fourth-order valence-electron chi connectivity index (χ4n) is 3.23. The lowest BCUT2D eigenvalue weighted by molar-refractivity contribution is -0.135. The second-order valence-electron chi connectivity index (χ2n) is 6.47. The second kappa shape index (κ2) is 9.50. The number of benzene rings is 1. The summed E-state index contributed by atoms with van der Waals surface area (Å²) >= 11 is 0. The van der Waals surface area contributed by atoms with E-state index in [9.17, 15) is 4.79 Å². The van der Waals surface area contributed by atoms with Gasteiger partial charge in [0.05, 0.1) is 5.92 Å². The topological polar surface area (TPSA) is 75.4 Å². The first kappa shape index (κ1) is 20.1. The quantitative estimate of drug-likeness (QED) is 0.887. The van der Waals surface area contributed by atoms with Crippen molar-refractivity contribution in [2.45, 2.75) is 19.4 Å². The first-order valence-electron chi connectivity index (χ1n) is 8.79. The van der Waals surface area contributed by atoms with Gasteiger partial charge in [0.15, 0.2) is 5.82 Å². The molecule has 0 bridgehead atoms. The Morgan fingerprint density at radius 2 is 1.85 bits per heavy atom. The van der Waals surface area contributed by atoms with Gasteiger partial charge in [0.25, 0.3) is 0 Å². The van der Waals surface area contributed by atoms with Crippen LogP contribution in [0.5, 0.6) is 0 Å². The summed E-state index contributed by atoms with van der Waals surface area (Å²) < 4.78 is 0. The van der Waals surface area contributed by atoms with Crippen molar-refractivity contribution in [2.75, 3.05) is 31.1 Å². The lowest BCUT2D eigenvalue weighted by Crippen LogP contribution is -2.41. The molecule has 2 heterocycles. The first-order valence-corrected chi connectivity index (χ1v) is 8.79. The van der Waals surface area contributed by atoms with E-state index < -0.39 is 0 Å². The Balaban J connectivity index is 0.00000243. The summed E-state index contributed by atoms with van der Waals surface area (Å²) in [6.07, 6.45) is 2.58. The van der Waals surface area contributed by atoms with Crippen LogP contribution in [-0.4, -0.2) is 47.2 Å². The molecular formula is C19H26ClN5O. The van der Waals surface area contributed by atoms with Gasteiger partial charge >= 0.3 is 0 Å². The zero-order valence-corrected chi connectivity index (χ0v) is 15.8. The second-order valence-corrected chi connectivity index (χ2v) is 6.47.